The third-order valence-electron chi connectivity index (χ3n) is 6.83. The number of benzene rings is 3. The summed E-state index contributed by atoms with van der Waals surface area (Å²) in [7, 11) is 0. The minimum atomic E-state index is -0.511. The summed E-state index contributed by atoms with van der Waals surface area (Å²) < 4.78 is 17.1. The number of nitrogens with zero attached hydrogens (tertiary/aromatic N) is 1. The van der Waals surface area contributed by atoms with Crippen LogP contribution in [0.2, 0.25) is 0 Å². The number of carbonyl (C=O) groups excluding carboxylic acids is 1. The molecule has 0 amide bonds. The number of fused-ring (bicyclic) bond motifs is 1. The lowest BCUT2D eigenvalue weighted by Gasteiger charge is -2.26. The lowest BCUT2D eigenvalue weighted by Crippen LogP contribution is -2.21. The van der Waals surface area contributed by atoms with Crippen LogP contribution in [0, 0.1) is 11.3 Å². The number of allylic oxidation sites excluding steroid dienone is 1. The van der Waals surface area contributed by atoms with Crippen LogP contribution in [0.15, 0.2) is 84.3 Å². The first-order chi connectivity index (χ1) is 19.2. The van der Waals surface area contributed by atoms with Gasteiger partial charge in [0.25, 0.3) is 0 Å². The van der Waals surface area contributed by atoms with Crippen molar-refractivity contribution in [3.8, 4) is 23.3 Å². The van der Waals surface area contributed by atoms with Gasteiger partial charge in [-0.05, 0) is 52.8 Å². The molecule has 0 saturated heterocycles. The Balaban J connectivity index is 1.49. The number of nitriles is 1. The van der Waals surface area contributed by atoms with Gasteiger partial charge in [0.15, 0.2) is 0 Å². The molecule has 206 valence electrons. The van der Waals surface area contributed by atoms with Crippen LogP contribution in [-0.2, 0) is 10.2 Å². The van der Waals surface area contributed by atoms with E-state index in [0.29, 0.717) is 23.7 Å². The Morgan fingerprint density at radius 2 is 1.73 bits per heavy atom. The first-order valence-corrected chi connectivity index (χ1v) is 13.6. The van der Waals surface area contributed by atoms with E-state index >= 15 is 0 Å². The van der Waals surface area contributed by atoms with E-state index < -0.39 is 11.9 Å². The second-order valence-corrected chi connectivity index (χ2v) is 10.9. The molecule has 1 aliphatic heterocycles. The van der Waals surface area contributed by atoms with Crippen molar-refractivity contribution in [1.82, 2.24) is 0 Å². The van der Waals surface area contributed by atoms with Gasteiger partial charge in [0, 0.05) is 17.7 Å². The summed E-state index contributed by atoms with van der Waals surface area (Å²) in [5.41, 5.74) is 10.3. The lowest BCUT2D eigenvalue weighted by atomic mass is 9.83. The van der Waals surface area contributed by atoms with Gasteiger partial charge >= 0.3 is 5.97 Å². The molecule has 0 fully saturated rings. The molecule has 1 heterocycles. The lowest BCUT2D eigenvalue weighted by molar-refractivity contribution is -0.128. The number of rotatable bonds is 9. The van der Waals surface area contributed by atoms with Crippen LogP contribution < -0.4 is 19.9 Å². The second-order valence-electron chi connectivity index (χ2n) is 10.9. The molecular weight excluding hydrogens is 500 g/mol. The highest BCUT2D eigenvalue weighted by molar-refractivity contribution is 5.88. The van der Waals surface area contributed by atoms with Gasteiger partial charge in [0.1, 0.15) is 28.9 Å². The molecule has 2 N–H and O–H groups in total. The molecule has 4 rings (SSSR count). The average Bonchev–Trinajstić information content (AvgIpc) is 2.93. The zero-order valence-corrected chi connectivity index (χ0v) is 23.6. The zero-order chi connectivity index (χ0) is 28.7. The zero-order valence-electron chi connectivity index (χ0n) is 23.6. The number of hydrogen-bond acceptors (Lipinski definition) is 6. The van der Waals surface area contributed by atoms with E-state index in [9.17, 15) is 10.1 Å². The van der Waals surface area contributed by atoms with Crippen molar-refractivity contribution in [3.05, 3.63) is 107 Å². The van der Waals surface area contributed by atoms with Crippen molar-refractivity contribution in [2.45, 2.75) is 58.3 Å². The smallest absolute Gasteiger partial charge is 0.336 e. The summed E-state index contributed by atoms with van der Waals surface area (Å²) in [5.74, 6) is 0.643. The summed E-state index contributed by atoms with van der Waals surface area (Å²) in [6.07, 6.45) is 6.39. The van der Waals surface area contributed by atoms with Crippen molar-refractivity contribution in [1.29, 1.82) is 5.26 Å². The van der Waals surface area contributed by atoms with Gasteiger partial charge in [-0.2, -0.15) is 5.26 Å². The summed E-state index contributed by atoms with van der Waals surface area (Å²) in [6, 6.07) is 23.1. The molecule has 0 saturated carbocycles. The number of carbonyl (C=O) groups is 1. The van der Waals surface area contributed by atoms with E-state index in [1.165, 1.54) is 11.6 Å². The van der Waals surface area contributed by atoms with Gasteiger partial charge in [-0.3, -0.25) is 0 Å². The molecule has 0 bridgehead atoms. The largest absolute Gasteiger partial charge is 0.494 e. The number of hydrogen-bond donors (Lipinski definition) is 1. The van der Waals surface area contributed by atoms with Crippen molar-refractivity contribution < 1.29 is 19.0 Å². The molecule has 1 unspecified atom stereocenters. The van der Waals surface area contributed by atoms with Crippen LogP contribution >= 0.6 is 0 Å². The number of unbranched alkanes of at least 4 members (excludes halogenated alkanes) is 2. The fraction of sp³-hybridized carbons (Fsp3) is 0.294. The highest BCUT2D eigenvalue weighted by atomic mass is 16.5. The number of ether oxygens (including phenoxy) is 3. The van der Waals surface area contributed by atoms with Crippen LogP contribution in [0.3, 0.4) is 0 Å². The molecule has 0 spiro atoms. The Bertz CT molecular complexity index is 1440. The van der Waals surface area contributed by atoms with E-state index in [0.717, 1.165) is 41.7 Å². The molecule has 0 radical (unpaired) electrons. The Morgan fingerprint density at radius 3 is 2.38 bits per heavy atom. The Hall–Kier alpha value is -4.50. The summed E-state index contributed by atoms with van der Waals surface area (Å²) in [5, 5.41) is 9.85. The van der Waals surface area contributed by atoms with Crippen LogP contribution in [0.25, 0.3) is 6.08 Å². The molecule has 6 heteroatoms. The quantitative estimate of drug-likeness (QED) is 0.133. The summed E-state index contributed by atoms with van der Waals surface area (Å²) >= 11 is 0. The highest BCUT2D eigenvalue weighted by Gasteiger charge is 2.31. The van der Waals surface area contributed by atoms with Crippen LogP contribution in [0.5, 0.6) is 17.2 Å². The fourth-order valence-electron chi connectivity index (χ4n) is 4.55. The van der Waals surface area contributed by atoms with Gasteiger partial charge < -0.3 is 19.9 Å². The predicted molar refractivity (Wildman–Crippen MR) is 157 cm³/mol. The van der Waals surface area contributed by atoms with E-state index in [1.807, 2.05) is 36.4 Å². The summed E-state index contributed by atoms with van der Waals surface area (Å²) in [4.78, 5) is 12.5. The monoisotopic (exact) mass is 536 g/mol. The second kappa shape index (κ2) is 12.6. The average molecular weight is 537 g/mol. The Labute approximate surface area is 236 Å². The molecule has 3 aromatic rings. The van der Waals surface area contributed by atoms with Gasteiger partial charge in [-0.15, -0.1) is 0 Å². The number of nitrogens with two attached hydrogens (primary N) is 1. The maximum absolute atomic E-state index is 12.5. The first-order valence-electron chi connectivity index (χ1n) is 13.6. The molecule has 1 aliphatic rings. The molecular formula is C34H36N2O4. The number of esters is 1. The van der Waals surface area contributed by atoms with Crippen molar-refractivity contribution >= 4 is 12.0 Å². The Kier molecular flexibility index (Phi) is 8.96. The predicted octanol–water partition coefficient (Wildman–Crippen LogP) is 7.39. The van der Waals surface area contributed by atoms with E-state index in [2.05, 4.69) is 45.9 Å². The minimum Gasteiger partial charge on any atom is -0.494 e. The van der Waals surface area contributed by atoms with Gasteiger partial charge in [-0.1, -0.05) is 83.0 Å². The first kappa shape index (κ1) is 28.5. The van der Waals surface area contributed by atoms with Crippen LogP contribution in [0.4, 0.5) is 0 Å². The van der Waals surface area contributed by atoms with Crippen LogP contribution in [-0.4, -0.2) is 12.6 Å². The molecule has 0 aromatic heterocycles. The van der Waals surface area contributed by atoms with E-state index in [-0.39, 0.29) is 11.3 Å². The maximum Gasteiger partial charge on any atom is 0.336 e. The maximum atomic E-state index is 12.5. The molecule has 40 heavy (non-hydrogen) atoms. The van der Waals surface area contributed by atoms with Gasteiger partial charge in [0.2, 0.25) is 5.88 Å². The SMILES string of the molecule is CCCCCOc1ccc(C2C(C#N)=C(N)Oc3cc(OC(=O)/C=C/c4ccc(C(C)(C)C)cc4)ccc32)cc1. The van der Waals surface area contributed by atoms with E-state index in [4.69, 9.17) is 19.9 Å². The summed E-state index contributed by atoms with van der Waals surface area (Å²) in [6.45, 7) is 9.30. The normalized spacial score (nSPS) is 14.8. The molecule has 1 atom stereocenters. The third-order valence-corrected chi connectivity index (χ3v) is 6.83. The fourth-order valence-corrected chi connectivity index (χ4v) is 4.55. The highest BCUT2D eigenvalue weighted by Crippen LogP contribution is 2.43. The topological polar surface area (TPSA) is 94.6 Å². The third kappa shape index (κ3) is 6.92. The molecule has 6 nitrogen and oxygen atoms in total. The van der Waals surface area contributed by atoms with E-state index in [1.54, 1.807) is 24.3 Å². The van der Waals surface area contributed by atoms with Crippen molar-refractivity contribution in [2.75, 3.05) is 6.61 Å². The molecule has 3 aromatic carbocycles. The van der Waals surface area contributed by atoms with Crippen LogP contribution in [0.1, 0.15) is 75.1 Å². The van der Waals surface area contributed by atoms with Crippen molar-refractivity contribution in [3.63, 3.8) is 0 Å². The Morgan fingerprint density at radius 1 is 1.02 bits per heavy atom. The standard InChI is InChI=1S/C34H36N2O4/c1-5-6-7-20-38-26-15-11-24(12-16-26)32-28-18-17-27(21-30(28)40-33(36)29(32)22-35)39-31(37)19-10-23-8-13-25(14-9-23)34(2,3)4/h8-19,21,32H,5-7,20,36H2,1-4H3/b19-10+. The van der Waals surface area contributed by atoms with Gasteiger partial charge in [-0.25, -0.2) is 4.79 Å². The van der Waals surface area contributed by atoms with Crippen molar-refractivity contribution in [2.24, 2.45) is 5.73 Å². The molecule has 0 aliphatic carbocycles. The van der Waals surface area contributed by atoms with Gasteiger partial charge in [0.05, 0.1) is 12.5 Å². The minimum absolute atomic E-state index is 0.0296.